The van der Waals surface area contributed by atoms with Crippen molar-refractivity contribution in [3.63, 3.8) is 0 Å². The number of amides is 1. The molecule has 30 heavy (non-hydrogen) atoms. The lowest BCUT2D eigenvalue weighted by atomic mass is 9.98. The molecule has 0 bridgehead atoms. The zero-order valence-corrected chi connectivity index (χ0v) is 18.6. The fourth-order valence-electron chi connectivity index (χ4n) is 4.10. The first-order valence-corrected chi connectivity index (χ1v) is 12.3. The molecular formula is C22H32N2O5S. The van der Waals surface area contributed by atoms with Crippen LogP contribution < -0.4 is 5.32 Å². The van der Waals surface area contributed by atoms with E-state index < -0.39 is 16.0 Å². The molecule has 7 nitrogen and oxygen atoms in total. The molecule has 1 aromatic rings. The van der Waals surface area contributed by atoms with Crippen LogP contribution in [0.1, 0.15) is 63.9 Å². The minimum absolute atomic E-state index is 0.194. The van der Waals surface area contributed by atoms with E-state index in [0.29, 0.717) is 18.8 Å². The normalized spacial score (nSPS) is 19.2. The summed E-state index contributed by atoms with van der Waals surface area (Å²) in [5.41, 5.74) is 1.09. The van der Waals surface area contributed by atoms with Crippen molar-refractivity contribution in [3.05, 3.63) is 29.8 Å². The van der Waals surface area contributed by atoms with E-state index in [4.69, 9.17) is 4.74 Å². The van der Waals surface area contributed by atoms with Gasteiger partial charge in [-0.15, -0.1) is 0 Å². The highest BCUT2D eigenvalue weighted by Crippen LogP contribution is 2.26. The Morgan fingerprint density at radius 3 is 2.23 bits per heavy atom. The maximum absolute atomic E-state index is 12.9. The molecule has 1 heterocycles. The molecule has 3 rings (SSSR count). The number of nitrogens with zero attached hydrogens (tertiary/aromatic N) is 1. The summed E-state index contributed by atoms with van der Waals surface area (Å²) in [6, 6.07) is 7.18. The van der Waals surface area contributed by atoms with Crippen LogP contribution in [0, 0.1) is 5.92 Å². The molecule has 0 unspecified atom stereocenters. The highest BCUT2D eigenvalue weighted by molar-refractivity contribution is 7.89. The first kappa shape index (κ1) is 22.7. The highest BCUT2D eigenvalue weighted by atomic mass is 32.2. The molecule has 1 saturated heterocycles. The number of nitrogens with one attached hydrogen (secondary N) is 1. The highest BCUT2D eigenvalue weighted by Gasteiger charge is 2.33. The van der Waals surface area contributed by atoms with Crippen molar-refractivity contribution in [1.82, 2.24) is 9.62 Å². The monoisotopic (exact) mass is 436 g/mol. The molecule has 1 aromatic carbocycles. The number of hydrogen-bond acceptors (Lipinski definition) is 5. The van der Waals surface area contributed by atoms with Crippen LogP contribution in [-0.2, 0) is 24.3 Å². The summed E-state index contributed by atoms with van der Waals surface area (Å²) >= 11 is 0. The lowest BCUT2D eigenvalue weighted by Gasteiger charge is -2.30. The first-order valence-electron chi connectivity index (χ1n) is 10.8. The molecule has 1 N–H and O–H groups in total. The summed E-state index contributed by atoms with van der Waals surface area (Å²) in [4.78, 5) is 24.5. The number of piperidine rings is 1. The first-order chi connectivity index (χ1) is 14.3. The largest absolute Gasteiger partial charge is 0.455 e. The van der Waals surface area contributed by atoms with Crippen LogP contribution in [-0.4, -0.2) is 50.3 Å². The Balaban J connectivity index is 1.47. The maximum atomic E-state index is 12.9. The Morgan fingerprint density at radius 2 is 1.67 bits per heavy atom. The van der Waals surface area contributed by atoms with Crippen LogP contribution in [0.5, 0.6) is 0 Å². The topological polar surface area (TPSA) is 92.8 Å². The predicted molar refractivity (Wildman–Crippen MR) is 113 cm³/mol. The van der Waals surface area contributed by atoms with E-state index in [-0.39, 0.29) is 42.5 Å². The molecule has 1 aliphatic carbocycles. The fraction of sp³-hybridized carbons (Fsp3) is 0.636. The minimum atomic E-state index is -3.58. The van der Waals surface area contributed by atoms with Gasteiger partial charge in [-0.05, 0) is 49.3 Å². The molecule has 1 aliphatic heterocycles. The van der Waals surface area contributed by atoms with Crippen molar-refractivity contribution in [3.8, 4) is 0 Å². The third kappa shape index (κ3) is 5.60. The van der Waals surface area contributed by atoms with Crippen molar-refractivity contribution < 1.29 is 22.7 Å². The van der Waals surface area contributed by atoms with Gasteiger partial charge in [-0.25, -0.2) is 8.42 Å². The number of carbonyl (C=O) groups excluding carboxylic acids is 2. The van der Waals surface area contributed by atoms with Crippen molar-refractivity contribution in [2.24, 2.45) is 5.92 Å². The Labute approximate surface area is 179 Å². The molecule has 2 fully saturated rings. The molecule has 2 aliphatic rings. The van der Waals surface area contributed by atoms with E-state index in [1.165, 1.54) is 4.31 Å². The number of benzene rings is 1. The molecule has 1 amide bonds. The average Bonchev–Trinajstić information content (AvgIpc) is 3.25. The summed E-state index contributed by atoms with van der Waals surface area (Å²) in [6.45, 7) is 4.39. The minimum Gasteiger partial charge on any atom is -0.455 e. The number of carbonyl (C=O) groups is 2. The van der Waals surface area contributed by atoms with Gasteiger partial charge in [0, 0.05) is 19.1 Å². The Hall–Kier alpha value is -1.93. The molecule has 8 heteroatoms. The van der Waals surface area contributed by atoms with Crippen molar-refractivity contribution in [2.45, 2.75) is 69.2 Å². The summed E-state index contributed by atoms with van der Waals surface area (Å²) in [7, 11) is -3.58. The van der Waals surface area contributed by atoms with Gasteiger partial charge < -0.3 is 10.1 Å². The van der Waals surface area contributed by atoms with Gasteiger partial charge in [-0.3, -0.25) is 9.59 Å². The molecule has 1 saturated carbocycles. The van der Waals surface area contributed by atoms with Gasteiger partial charge in [-0.1, -0.05) is 38.8 Å². The van der Waals surface area contributed by atoms with Crippen LogP contribution in [0.3, 0.4) is 0 Å². The summed E-state index contributed by atoms with van der Waals surface area (Å²) in [6.07, 6.45) is 4.99. The Bertz CT molecular complexity index is 837. The van der Waals surface area contributed by atoms with Crippen LogP contribution in [0.2, 0.25) is 0 Å². The third-order valence-electron chi connectivity index (χ3n) is 6.04. The van der Waals surface area contributed by atoms with Crippen molar-refractivity contribution >= 4 is 21.9 Å². The second kappa shape index (κ2) is 9.92. The number of ether oxygens (including phenoxy) is 1. The summed E-state index contributed by atoms with van der Waals surface area (Å²) < 4.78 is 32.4. The Kier molecular flexibility index (Phi) is 7.52. The van der Waals surface area contributed by atoms with Crippen molar-refractivity contribution in [2.75, 3.05) is 19.7 Å². The van der Waals surface area contributed by atoms with Gasteiger partial charge in [-0.2, -0.15) is 4.31 Å². The zero-order chi connectivity index (χ0) is 21.7. The Morgan fingerprint density at radius 1 is 1.07 bits per heavy atom. The fourth-order valence-corrected chi connectivity index (χ4v) is 5.57. The van der Waals surface area contributed by atoms with Crippen LogP contribution >= 0.6 is 0 Å². The van der Waals surface area contributed by atoms with E-state index in [0.717, 1.165) is 31.2 Å². The van der Waals surface area contributed by atoms with E-state index in [9.17, 15) is 18.0 Å². The second-order valence-corrected chi connectivity index (χ2v) is 10.5. The molecule has 0 atom stereocenters. The smallest absolute Gasteiger partial charge is 0.309 e. The third-order valence-corrected chi connectivity index (χ3v) is 7.95. The van der Waals surface area contributed by atoms with Gasteiger partial charge in [0.1, 0.15) is 0 Å². The van der Waals surface area contributed by atoms with E-state index >= 15 is 0 Å². The number of esters is 1. The summed E-state index contributed by atoms with van der Waals surface area (Å²) in [5, 5.41) is 2.89. The lowest BCUT2D eigenvalue weighted by Crippen LogP contribution is -2.41. The molecular weight excluding hydrogens is 404 g/mol. The van der Waals surface area contributed by atoms with Gasteiger partial charge in [0.15, 0.2) is 6.61 Å². The number of hydrogen-bond donors (Lipinski definition) is 1. The van der Waals surface area contributed by atoms with Gasteiger partial charge >= 0.3 is 5.97 Å². The van der Waals surface area contributed by atoms with Gasteiger partial charge in [0.05, 0.1) is 10.8 Å². The molecule has 0 aromatic heterocycles. The maximum Gasteiger partial charge on any atom is 0.309 e. The van der Waals surface area contributed by atoms with E-state index in [1.54, 1.807) is 12.1 Å². The van der Waals surface area contributed by atoms with Gasteiger partial charge in [0.2, 0.25) is 10.0 Å². The molecule has 166 valence electrons. The average molecular weight is 437 g/mol. The number of rotatable bonds is 7. The van der Waals surface area contributed by atoms with Crippen LogP contribution in [0.25, 0.3) is 0 Å². The molecule has 0 spiro atoms. The van der Waals surface area contributed by atoms with Crippen molar-refractivity contribution in [1.29, 1.82) is 0 Å². The van der Waals surface area contributed by atoms with Gasteiger partial charge in [0.25, 0.3) is 5.91 Å². The lowest BCUT2D eigenvalue weighted by molar-refractivity contribution is -0.153. The summed E-state index contributed by atoms with van der Waals surface area (Å²) in [5.74, 6) is -0.724. The standard InChI is InChI=1S/C22H32N2O5S/c1-16(2)17-7-9-20(10-8-17)30(27,28)24-13-11-18(12-14-24)22(26)29-15-21(25)23-19-5-3-4-6-19/h7-10,16,18-19H,3-6,11-15H2,1-2H3,(H,23,25). The quantitative estimate of drug-likeness (QED) is 0.664. The van der Waals surface area contributed by atoms with E-state index in [2.05, 4.69) is 19.2 Å². The second-order valence-electron chi connectivity index (χ2n) is 8.56. The zero-order valence-electron chi connectivity index (χ0n) is 17.8. The van der Waals surface area contributed by atoms with E-state index in [1.807, 2.05) is 12.1 Å². The molecule has 0 radical (unpaired) electrons. The predicted octanol–water partition coefficient (Wildman–Crippen LogP) is 2.81. The van der Waals surface area contributed by atoms with Crippen LogP contribution in [0.4, 0.5) is 0 Å². The van der Waals surface area contributed by atoms with Crippen LogP contribution in [0.15, 0.2) is 29.2 Å². The number of sulfonamides is 1. The SMILES string of the molecule is CC(C)c1ccc(S(=O)(=O)N2CCC(C(=O)OCC(=O)NC3CCCC3)CC2)cc1.